The van der Waals surface area contributed by atoms with Gasteiger partial charge in [-0.25, -0.2) is 15.0 Å². The van der Waals surface area contributed by atoms with Gasteiger partial charge in [-0.3, -0.25) is 4.79 Å². The van der Waals surface area contributed by atoms with E-state index < -0.39 is 0 Å². The first-order valence-corrected chi connectivity index (χ1v) is 10.6. The Kier molecular flexibility index (Phi) is 5.99. The number of piperidine rings is 1. The van der Waals surface area contributed by atoms with Crippen LogP contribution in [0.3, 0.4) is 0 Å². The minimum absolute atomic E-state index is 0.186. The van der Waals surface area contributed by atoms with Crippen molar-refractivity contribution >= 4 is 29.8 Å². The summed E-state index contributed by atoms with van der Waals surface area (Å²) in [5, 5.41) is 6.58. The Labute approximate surface area is 182 Å². The second-order valence-corrected chi connectivity index (χ2v) is 8.02. The van der Waals surface area contributed by atoms with E-state index in [2.05, 4.69) is 21.7 Å². The zero-order chi connectivity index (χ0) is 22.0. The number of hydrogen-bond donors (Lipinski definition) is 2. The highest BCUT2D eigenvalue weighted by Gasteiger charge is 2.18. The molecule has 162 valence electrons. The van der Waals surface area contributed by atoms with E-state index >= 15 is 0 Å². The Morgan fingerprint density at radius 3 is 2.68 bits per heavy atom. The quantitative estimate of drug-likeness (QED) is 0.364. The fourth-order valence-electron chi connectivity index (χ4n) is 4.09. The van der Waals surface area contributed by atoms with Crippen LogP contribution in [0.1, 0.15) is 29.8 Å². The molecule has 1 aliphatic rings. The predicted molar refractivity (Wildman–Crippen MR) is 124 cm³/mol. The van der Waals surface area contributed by atoms with Crippen LogP contribution < -0.4 is 10.6 Å². The highest BCUT2D eigenvalue weighted by atomic mass is 16.1. The van der Waals surface area contributed by atoms with Crippen molar-refractivity contribution in [1.29, 1.82) is 0 Å². The molecule has 2 aromatic heterocycles. The summed E-state index contributed by atoms with van der Waals surface area (Å²) in [7, 11) is 1.90. The molecule has 3 heterocycles. The maximum absolute atomic E-state index is 11.7. The second-order valence-electron chi connectivity index (χ2n) is 8.02. The molecule has 8 heteroatoms. The first-order chi connectivity index (χ1) is 15.0. The summed E-state index contributed by atoms with van der Waals surface area (Å²) >= 11 is 0. The van der Waals surface area contributed by atoms with Gasteiger partial charge in [0.1, 0.15) is 0 Å². The Hall–Kier alpha value is -3.26. The van der Waals surface area contributed by atoms with Crippen molar-refractivity contribution in [3.8, 4) is 11.3 Å². The highest BCUT2D eigenvalue weighted by molar-refractivity contribution is 5.80. The van der Waals surface area contributed by atoms with Crippen LogP contribution >= 0.6 is 0 Å². The average Bonchev–Trinajstić information content (AvgIpc) is 3.16. The number of rotatable bonds is 6. The normalized spacial score (nSPS) is 15.0. The van der Waals surface area contributed by atoms with Gasteiger partial charge in [0.25, 0.3) is 0 Å². The molecule has 2 N–H and O–H groups in total. The van der Waals surface area contributed by atoms with Crippen LogP contribution in [-0.4, -0.2) is 58.2 Å². The number of nitrogens with one attached hydrogen (secondary N) is 2. The third-order valence-electron chi connectivity index (χ3n) is 5.85. The van der Waals surface area contributed by atoms with E-state index in [0.29, 0.717) is 0 Å². The standard InChI is InChI=1S/C23H29N7O/c1-15-11-29-12-22(28-17(3)23(29)27-15)18-9-20(24-4)16(2)21(10-18)26-13-30(14-31)19-5-7-25-8-6-19/h9-14,19,24-25H,5-8H2,1-4H3/b26-13-. The summed E-state index contributed by atoms with van der Waals surface area (Å²) < 4.78 is 2.01. The van der Waals surface area contributed by atoms with E-state index in [9.17, 15) is 4.79 Å². The van der Waals surface area contributed by atoms with Crippen LogP contribution in [0, 0.1) is 20.8 Å². The molecule has 4 rings (SSSR count). The molecule has 8 nitrogen and oxygen atoms in total. The Balaban J connectivity index is 1.72. The van der Waals surface area contributed by atoms with E-state index in [1.54, 1.807) is 11.2 Å². The third-order valence-corrected chi connectivity index (χ3v) is 5.85. The number of imidazole rings is 1. The highest BCUT2D eigenvalue weighted by Crippen LogP contribution is 2.33. The second kappa shape index (κ2) is 8.85. The van der Waals surface area contributed by atoms with Gasteiger partial charge in [0, 0.05) is 36.7 Å². The minimum Gasteiger partial charge on any atom is -0.388 e. The molecule has 1 amide bonds. The van der Waals surface area contributed by atoms with Crippen molar-refractivity contribution in [2.45, 2.75) is 39.7 Å². The van der Waals surface area contributed by atoms with Crippen molar-refractivity contribution in [3.05, 3.63) is 41.5 Å². The van der Waals surface area contributed by atoms with Crippen LogP contribution in [0.25, 0.3) is 16.9 Å². The zero-order valence-corrected chi connectivity index (χ0v) is 18.5. The maximum atomic E-state index is 11.7. The number of benzene rings is 1. The largest absolute Gasteiger partial charge is 0.388 e. The van der Waals surface area contributed by atoms with Crippen LogP contribution in [0.4, 0.5) is 11.4 Å². The number of anilines is 1. The lowest BCUT2D eigenvalue weighted by molar-refractivity contribution is -0.116. The van der Waals surface area contributed by atoms with Gasteiger partial charge in [-0.1, -0.05) is 0 Å². The SMILES string of the molecule is CNc1cc(-c2cn3cc(C)nc3c(C)n2)cc(/N=C\N(C=O)C2CCNCC2)c1C. The summed E-state index contributed by atoms with van der Waals surface area (Å²) in [4.78, 5) is 27.4. The molecular formula is C23H29N7O. The van der Waals surface area contributed by atoms with E-state index in [1.807, 2.05) is 50.7 Å². The number of hydrogen-bond acceptors (Lipinski definition) is 6. The summed E-state index contributed by atoms with van der Waals surface area (Å²) in [5.41, 5.74) is 7.31. The Morgan fingerprint density at radius 2 is 1.97 bits per heavy atom. The van der Waals surface area contributed by atoms with Crippen LogP contribution in [-0.2, 0) is 4.79 Å². The molecule has 0 aliphatic carbocycles. The number of aliphatic imine (C=N–C) groups is 1. The van der Waals surface area contributed by atoms with Gasteiger partial charge in [0.15, 0.2) is 5.65 Å². The fraction of sp³-hybridized carbons (Fsp3) is 0.391. The van der Waals surface area contributed by atoms with Gasteiger partial charge >= 0.3 is 0 Å². The number of aryl methyl sites for hydroxylation is 2. The van der Waals surface area contributed by atoms with Gasteiger partial charge in [-0.15, -0.1) is 0 Å². The summed E-state index contributed by atoms with van der Waals surface area (Å²) in [6, 6.07) is 4.29. The lowest BCUT2D eigenvalue weighted by atomic mass is 10.0. The van der Waals surface area contributed by atoms with Gasteiger partial charge in [-0.2, -0.15) is 0 Å². The molecule has 1 aliphatic heterocycles. The molecule has 1 saturated heterocycles. The fourth-order valence-corrected chi connectivity index (χ4v) is 4.09. The molecule has 1 fully saturated rings. The average molecular weight is 420 g/mol. The third kappa shape index (κ3) is 4.29. The summed E-state index contributed by atoms with van der Waals surface area (Å²) in [6.45, 7) is 7.81. The van der Waals surface area contributed by atoms with Crippen molar-refractivity contribution in [3.63, 3.8) is 0 Å². The summed E-state index contributed by atoms with van der Waals surface area (Å²) in [5.74, 6) is 0. The van der Waals surface area contributed by atoms with Crippen LogP contribution in [0.5, 0.6) is 0 Å². The predicted octanol–water partition coefficient (Wildman–Crippen LogP) is 3.23. The van der Waals surface area contributed by atoms with E-state index in [-0.39, 0.29) is 6.04 Å². The lowest BCUT2D eigenvalue weighted by Crippen LogP contribution is -2.41. The molecule has 31 heavy (non-hydrogen) atoms. The van der Waals surface area contributed by atoms with Gasteiger partial charge < -0.3 is 19.9 Å². The van der Waals surface area contributed by atoms with Gasteiger partial charge in [-0.05, 0) is 64.4 Å². The number of aromatic nitrogens is 3. The molecule has 1 aromatic carbocycles. The summed E-state index contributed by atoms with van der Waals surface area (Å²) in [6.07, 6.45) is 8.39. The number of carbonyl (C=O) groups excluding carboxylic acids is 1. The molecule has 3 aromatic rings. The van der Waals surface area contributed by atoms with Crippen LogP contribution in [0.15, 0.2) is 29.5 Å². The van der Waals surface area contributed by atoms with Crippen molar-refractivity contribution in [1.82, 2.24) is 24.6 Å². The monoisotopic (exact) mass is 419 g/mol. The zero-order valence-electron chi connectivity index (χ0n) is 18.5. The smallest absolute Gasteiger partial charge is 0.215 e. The number of nitrogens with zero attached hydrogens (tertiary/aromatic N) is 5. The van der Waals surface area contributed by atoms with Crippen LogP contribution in [0.2, 0.25) is 0 Å². The maximum Gasteiger partial charge on any atom is 0.215 e. The van der Waals surface area contributed by atoms with Crippen molar-refractivity contribution in [2.24, 2.45) is 4.99 Å². The lowest BCUT2D eigenvalue weighted by Gasteiger charge is -2.28. The number of fused-ring (bicyclic) bond motifs is 1. The van der Waals surface area contributed by atoms with Crippen molar-refractivity contribution < 1.29 is 4.79 Å². The topological polar surface area (TPSA) is 86.9 Å². The van der Waals surface area contributed by atoms with E-state index in [1.165, 1.54) is 0 Å². The first-order valence-electron chi connectivity index (χ1n) is 10.6. The molecular weight excluding hydrogens is 390 g/mol. The molecule has 0 bridgehead atoms. The Morgan fingerprint density at radius 1 is 1.19 bits per heavy atom. The van der Waals surface area contributed by atoms with E-state index in [4.69, 9.17) is 9.98 Å². The molecule has 0 radical (unpaired) electrons. The van der Waals surface area contributed by atoms with Gasteiger partial charge in [0.05, 0.1) is 29.1 Å². The molecule has 0 atom stereocenters. The number of carbonyl (C=O) groups is 1. The van der Waals surface area contributed by atoms with Gasteiger partial charge in [0.2, 0.25) is 6.41 Å². The molecule has 0 spiro atoms. The molecule has 0 saturated carbocycles. The minimum atomic E-state index is 0.186. The Bertz CT molecular complexity index is 1130. The van der Waals surface area contributed by atoms with Crippen molar-refractivity contribution in [2.75, 3.05) is 25.5 Å². The first kappa shape index (κ1) is 21.0. The molecule has 0 unspecified atom stereocenters. The number of amides is 1. The van der Waals surface area contributed by atoms with E-state index in [0.717, 1.165) is 77.6 Å².